The first-order chi connectivity index (χ1) is 13.3. The van der Waals surface area contributed by atoms with Crippen LogP contribution in [0.2, 0.25) is 0 Å². The van der Waals surface area contributed by atoms with Crippen molar-refractivity contribution in [3.05, 3.63) is 30.1 Å². The fourth-order valence-electron chi connectivity index (χ4n) is 3.26. The third-order valence-electron chi connectivity index (χ3n) is 5.01. The van der Waals surface area contributed by atoms with Crippen LogP contribution in [0.25, 0.3) is 0 Å². The van der Waals surface area contributed by atoms with Gasteiger partial charge in [-0.05, 0) is 36.3 Å². The van der Waals surface area contributed by atoms with Gasteiger partial charge in [-0.25, -0.2) is 0 Å². The molecule has 6 heteroatoms. The van der Waals surface area contributed by atoms with E-state index in [1.165, 1.54) is 44.1 Å². The van der Waals surface area contributed by atoms with Crippen molar-refractivity contribution < 1.29 is 4.74 Å². The molecule has 27 heavy (non-hydrogen) atoms. The predicted octanol–water partition coefficient (Wildman–Crippen LogP) is 3.45. The lowest BCUT2D eigenvalue weighted by molar-refractivity contribution is 0.0357. The van der Waals surface area contributed by atoms with E-state index >= 15 is 0 Å². The van der Waals surface area contributed by atoms with E-state index in [9.17, 15) is 0 Å². The van der Waals surface area contributed by atoms with Crippen LogP contribution in [0.15, 0.2) is 24.5 Å². The maximum Gasteiger partial charge on any atom is 0.169 e. The van der Waals surface area contributed by atoms with Gasteiger partial charge in [0.25, 0.3) is 0 Å². The van der Waals surface area contributed by atoms with Crippen LogP contribution in [0, 0.1) is 0 Å². The Kier molecular flexibility index (Phi) is 11.3. The molecule has 0 atom stereocenters. The summed E-state index contributed by atoms with van der Waals surface area (Å²) in [6.45, 7) is 9.72. The molecule has 1 fully saturated rings. The number of hydrogen-bond acceptors (Lipinski definition) is 4. The standard InChI is InChI=1S/C21H36N4OS/c1-2-3-4-5-6-7-10-23-21(27)25(19-20-8-11-22-12-9-20)14-13-24-15-17-26-18-16-24/h8-9,11-12H,2-7,10,13-19H2,1H3,(H,23,27). The molecule has 0 aliphatic carbocycles. The molecular weight excluding hydrogens is 356 g/mol. The Bertz CT molecular complexity index is 508. The summed E-state index contributed by atoms with van der Waals surface area (Å²) in [5, 5.41) is 4.35. The molecule has 0 saturated carbocycles. The first-order valence-electron chi connectivity index (χ1n) is 10.5. The van der Waals surface area contributed by atoms with E-state index in [1.807, 2.05) is 12.4 Å². The number of rotatable bonds is 12. The van der Waals surface area contributed by atoms with Gasteiger partial charge in [0.05, 0.1) is 13.2 Å². The van der Waals surface area contributed by atoms with Crippen LogP contribution in [0.1, 0.15) is 51.0 Å². The Morgan fingerprint density at radius 1 is 1.15 bits per heavy atom. The van der Waals surface area contributed by atoms with Crippen molar-refractivity contribution in [1.29, 1.82) is 0 Å². The molecule has 0 radical (unpaired) electrons. The van der Waals surface area contributed by atoms with Crippen LogP contribution in [-0.2, 0) is 11.3 Å². The second-order valence-electron chi connectivity index (χ2n) is 7.23. The molecule has 0 spiro atoms. The minimum Gasteiger partial charge on any atom is -0.379 e. The third kappa shape index (κ3) is 9.49. The SMILES string of the molecule is CCCCCCCCNC(=S)N(CCN1CCOCC1)Cc1ccncc1. The van der Waals surface area contributed by atoms with Gasteiger partial charge in [0.1, 0.15) is 0 Å². The van der Waals surface area contributed by atoms with Crippen molar-refractivity contribution in [2.24, 2.45) is 0 Å². The topological polar surface area (TPSA) is 40.6 Å². The van der Waals surface area contributed by atoms with Gasteiger partial charge in [0.15, 0.2) is 5.11 Å². The fourth-order valence-corrected chi connectivity index (χ4v) is 3.52. The highest BCUT2D eigenvalue weighted by atomic mass is 32.1. The molecule has 1 aliphatic heterocycles. The molecule has 1 aromatic heterocycles. The minimum atomic E-state index is 0.829. The van der Waals surface area contributed by atoms with Crippen molar-refractivity contribution in [2.75, 3.05) is 45.9 Å². The van der Waals surface area contributed by atoms with E-state index in [-0.39, 0.29) is 0 Å². The first-order valence-corrected chi connectivity index (χ1v) is 10.9. The second-order valence-corrected chi connectivity index (χ2v) is 7.62. The zero-order valence-electron chi connectivity index (χ0n) is 16.9. The summed E-state index contributed by atoms with van der Waals surface area (Å²) in [4.78, 5) is 8.87. The quantitative estimate of drug-likeness (QED) is 0.434. The Hall–Kier alpha value is -1.24. The van der Waals surface area contributed by atoms with E-state index in [1.54, 1.807) is 0 Å². The lowest BCUT2D eigenvalue weighted by atomic mass is 10.1. The Labute approximate surface area is 170 Å². The Morgan fingerprint density at radius 2 is 1.85 bits per heavy atom. The number of hydrogen-bond donors (Lipinski definition) is 1. The van der Waals surface area contributed by atoms with Gasteiger partial charge in [0, 0.05) is 51.7 Å². The number of ether oxygens (including phenoxy) is 1. The highest BCUT2D eigenvalue weighted by Crippen LogP contribution is 2.07. The van der Waals surface area contributed by atoms with Gasteiger partial charge in [-0.1, -0.05) is 39.0 Å². The summed E-state index contributed by atoms with van der Waals surface area (Å²) < 4.78 is 5.45. The van der Waals surface area contributed by atoms with Crippen LogP contribution < -0.4 is 5.32 Å². The third-order valence-corrected chi connectivity index (χ3v) is 5.41. The zero-order valence-corrected chi connectivity index (χ0v) is 17.7. The van der Waals surface area contributed by atoms with Crippen LogP contribution in [0.4, 0.5) is 0 Å². The first kappa shape index (κ1) is 22.1. The van der Waals surface area contributed by atoms with E-state index < -0.39 is 0 Å². The molecule has 0 amide bonds. The Morgan fingerprint density at radius 3 is 2.59 bits per heavy atom. The molecule has 2 rings (SSSR count). The summed E-state index contributed by atoms with van der Waals surface area (Å²) in [7, 11) is 0. The maximum atomic E-state index is 5.72. The molecule has 0 bridgehead atoms. The monoisotopic (exact) mass is 392 g/mol. The number of nitrogens with one attached hydrogen (secondary N) is 1. The van der Waals surface area contributed by atoms with Crippen LogP contribution >= 0.6 is 12.2 Å². The zero-order chi connectivity index (χ0) is 19.2. The van der Waals surface area contributed by atoms with E-state index in [2.05, 4.69) is 39.2 Å². The molecule has 0 unspecified atom stereocenters. The van der Waals surface area contributed by atoms with Crippen molar-refractivity contribution >= 4 is 17.3 Å². The molecule has 5 nitrogen and oxygen atoms in total. The molecule has 1 saturated heterocycles. The minimum absolute atomic E-state index is 0.829. The van der Waals surface area contributed by atoms with Crippen LogP contribution in [-0.4, -0.2) is 65.8 Å². The molecule has 152 valence electrons. The van der Waals surface area contributed by atoms with Gasteiger partial charge in [0.2, 0.25) is 0 Å². The van der Waals surface area contributed by atoms with Crippen molar-refractivity contribution in [3.63, 3.8) is 0 Å². The van der Waals surface area contributed by atoms with Crippen molar-refractivity contribution in [3.8, 4) is 0 Å². The number of aromatic nitrogens is 1. The fraction of sp³-hybridized carbons (Fsp3) is 0.714. The molecule has 0 aromatic carbocycles. The average Bonchev–Trinajstić information content (AvgIpc) is 2.71. The summed E-state index contributed by atoms with van der Waals surface area (Å²) in [6, 6.07) is 4.14. The highest BCUT2D eigenvalue weighted by Gasteiger charge is 2.14. The molecule has 1 N–H and O–H groups in total. The lowest BCUT2D eigenvalue weighted by Crippen LogP contribution is -2.45. The van der Waals surface area contributed by atoms with Crippen LogP contribution in [0.5, 0.6) is 0 Å². The highest BCUT2D eigenvalue weighted by molar-refractivity contribution is 7.80. The van der Waals surface area contributed by atoms with Gasteiger partial charge < -0.3 is 15.0 Å². The van der Waals surface area contributed by atoms with Gasteiger partial charge in [-0.2, -0.15) is 0 Å². The number of nitrogens with zero attached hydrogens (tertiary/aromatic N) is 3. The number of morpholine rings is 1. The van der Waals surface area contributed by atoms with Crippen molar-refractivity contribution in [1.82, 2.24) is 20.1 Å². The molecule has 2 heterocycles. The average molecular weight is 393 g/mol. The van der Waals surface area contributed by atoms with Gasteiger partial charge in [-0.3, -0.25) is 9.88 Å². The second kappa shape index (κ2) is 13.9. The van der Waals surface area contributed by atoms with E-state index in [4.69, 9.17) is 17.0 Å². The predicted molar refractivity (Wildman–Crippen MR) is 116 cm³/mol. The summed E-state index contributed by atoms with van der Waals surface area (Å²) >= 11 is 5.72. The number of thiocarbonyl (C=S) groups is 1. The van der Waals surface area contributed by atoms with Gasteiger partial charge >= 0.3 is 0 Å². The van der Waals surface area contributed by atoms with Crippen LogP contribution in [0.3, 0.4) is 0 Å². The summed E-state index contributed by atoms with van der Waals surface area (Å²) in [6.07, 6.45) is 11.5. The summed E-state index contributed by atoms with van der Waals surface area (Å²) in [5.74, 6) is 0. The van der Waals surface area contributed by atoms with E-state index in [0.29, 0.717) is 0 Å². The van der Waals surface area contributed by atoms with Crippen molar-refractivity contribution in [2.45, 2.75) is 52.0 Å². The van der Waals surface area contributed by atoms with E-state index in [0.717, 1.165) is 57.6 Å². The molecule has 1 aromatic rings. The van der Waals surface area contributed by atoms with Gasteiger partial charge in [-0.15, -0.1) is 0 Å². The number of unbranched alkanes of at least 4 members (excludes halogenated alkanes) is 5. The largest absolute Gasteiger partial charge is 0.379 e. The molecule has 1 aliphatic rings. The maximum absolute atomic E-state index is 5.72. The number of pyridine rings is 1. The molecular formula is C21H36N4OS. The smallest absolute Gasteiger partial charge is 0.169 e. The Balaban J connectivity index is 1.76. The summed E-state index contributed by atoms with van der Waals surface area (Å²) in [5.41, 5.74) is 1.25. The lowest BCUT2D eigenvalue weighted by Gasteiger charge is -2.31. The normalized spacial score (nSPS) is 14.9.